The minimum atomic E-state index is -0.164. The molecule has 1 heterocycles. The Morgan fingerprint density at radius 1 is 1.33 bits per heavy atom. The molecule has 0 atom stereocenters. The first kappa shape index (κ1) is 12.4. The maximum Gasteiger partial charge on any atom is 0.327 e. The molecule has 0 unspecified atom stereocenters. The van der Waals surface area contributed by atoms with E-state index in [4.69, 9.17) is 0 Å². The van der Waals surface area contributed by atoms with Gasteiger partial charge in [-0.3, -0.25) is 4.79 Å². The van der Waals surface area contributed by atoms with Crippen molar-refractivity contribution in [3.63, 3.8) is 0 Å². The van der Waals surface area contributed by atoms with Gasteiger partial charge in [-0.2, -0.15) is 0 Å². The minimum absolute atomic E-state index is 0.164. The second-order valence-electron chi connectivity index (χ2n) is 4.37. The van der Waals surface area contributed by atoms with Crippen LogP contribution in [0.1, 0.15) is 35.6 Å². The van der Waals surface area contributed by atoms with Crippen molar-refractivity contribution < 1.29 is 14.7 Å². The van der Waals surface area contributed by atoms with Crippen LogP contribution in [-0.4, -0.2) is 16.0 Å². The van der Waals surface area contributed by atoms with Gasteiger partial charge in [0.15, 0.2) is 5.69 Å². The monoisotopic (exact) mass is 245 g/mol. The highest BCUT2D eigenvalue weighted by Crippen LogP contribution is 2.17. The second kappa shape index (κ2) is 4.64. The van der Waals surface area contributed by atoms with Gasteiger partial charge in [-0.25, -0.2) is 4.98 Å². The number of nitrogens with zero attached hydrogens (tertiary/aromatic N) is 1. The summed E-state index contributed by atoms with van der Waals surface area (Å²) in [6.07, 6.45) is 0.974. The number of benzene rings is 1. The normalized spacial score (nSPS) is 10.6. The van der Waals surface area contributed by atoms with Crippen LogP contribution >= 0.6 is 0 Å². The van der Waals surface area contributed by atoms with Crippen LogP contribution in [0, 0.1) is 6.92 Å². The fourth-order valence-electron chi connectivity index (χ4n) is 2.07. The molecular formula is C14H17N2O2+. The SMILES string of the molecule is CCc1ccc(-c2[nH]c(C)c(C(C)=O)[n+]2O)cc1. The summed E-state index contributed by atoms with van der Waals surface area (Å²) in [7, 11) is 0. The number of Topliss-reactive ketones (excluding diaryl/α,β-unsaturated/α-hetero) is 1. The number of carbonyl (C=O) groups excluding carboxylic acids is 1. The molecule has 4 heteroatoms. The fraction of sp³-hybridized carbons (Fsp3) is 0.286. The third-order valence-electron chi connectivity index (χ3n) is 3.05. The zero-order valence-corrected chi connectivity index (χ0v) is 10.8. The third kappa shape index (κ3) is 2.01. The lowest BCUT2D eigenvalue weighted by atomic mass is 10.1. The molecule has 2 aromatic rings. The molecule has 0 aliphatic carbocycles. The first-order valence-electron chi connectivity index (χ1n) is 5.98. The summed E-state index contributed by atoms with van der Waals surface area (Å²) in [5, 5.41) is 10.0. The summed E-state index contributed by atoms with van der Waals surface area (Å²) in [6, 6.07) is 7.89. The van der Waals surface area contributed by atoms with E-state index in [1.165, 1.54) is 12.5 Å². The number of aromatic nitrogens is 2. The van der Waals surface area contributed by atoms with E-state index in [1.807, 2.05) is 24.3 Å². The molecule has 0 aliphatic rings. The van der Waals surface area contributed by atoms with E-state index in [1.54, 1.807) is 6.92 Å². The molecular weight excluding hydrogens is 228 g/mol. The van der Waals surface area contributed by atoms with Gasteiger partial charge in [-0.1, -0.05) is 19.1 Å². The Balaban J connectivity index is 2.50. The number of rotatable bonds is 3. The van der Waals surface area contributed by atoms with Crippen LogP contribution in [0.5, 0.6) is 0 Å². The topological polar surface area (TPSA) is 57.0 Å². The number of hydrogen-bond acceptors (Lipinski definition) is 2. The van der Waals surface area contributed by atoms with E-state index >= 15 is 0 Å². The fourth-order valence-corrected chi connectivity index (χ4v) is 2.07. The Bertz CT molecular complexity index is 583. The highest BCUT2D eigenvalue weighted by Gasteiger charge is 2.26. The van der Waals surface area contributed by atoms with Gasteiger partial charge in [-0.15, -0.1) is 0 Å². The van der Waals surface area contributed by atoms with Gasteiger partial charge in [0.25, 0.3) is 5.69 Å². The van der Waals surface area contributed by atoms with Crippen LogP contribution in [0.3, 0.4) is 0 Å². The Labute approximate surface area is 106 Å². The van der Waals surface area contributed by atoms with Crippen molar-refractivity contribution in [2.45, 2.75) is 27.2 Å². The summed E-state index contributed by atoms with van der Waals surface area (Å²) in [5.41, 5.74) is 3.05. The molecule has 2 N–H and O–H groups in total. The smallest absolute Gasteiger partial charge is 0.327 e. The van der Waals surface area contributed by atoms with Gasteiger partial charge in [0.1, 0.15) is 0 Å². The maximum absolute atomic E-state index is 11.4. The third-order valence-corrected chi connectivity index (χ3v) is 3.05. The lowest BCUT2D eigenvalue weighted by Gasteiger charge is -1.97. The number of hydrogen-bond donors (Lipinski definition) is 2. The molecule has 1 aromatic heterocycles. The highest BCUT2D eigenvalue weighted by atomic mass is 16.5. The van der Waals surface area contributed by atoms with Gasteiger partial charge < -0.3 is 5.21 Å². The first-order chi connectivity index (χ1) is 8.54. The summed E-state index contributed by atoms with van der Waals surface area (Å²) in [6.45, 7) is 5.30. The van der Waals surface area contributed by atoms with Crippen molar-refractivity contribution in [3.8, 4) is 11.4 Å². The van der Waals surface area contributed by atoms with E-state index < -0.39 is 0 Å². The van der Waals surface area contributed by atoms with Gasteiger partial charge in [0, 0.05) is 13.8 Å². The van der Waals surface area contributed by atoms with Gasteiger partial charge >= 0.3 is 5.82 Å². The number of H-pyrrole nitrogens is 1. The van der Waals surface area contributed by atoms with Crippen LogP contribution in [0.2, 0.25) is 0 Å². The standard InChI is InChI=1S/C14H16N2O2/c1-4-11-5-7-12(8-6-11)14-15-9(2)13(10(3)17)16(14)18/h5-8,18H,4H2,1-3H3/p+1. The molecule has 2 rings (SSSR count). The Hall–Kier alpha value is -2.10. The van der Waals surface area contributed by atoms with E-state index in [0.717, 1.165) is 16.7 Å². The van der Waals surface area contributed by atoms with Crippen molar-refractivity contribution in [2.75, 3.05) is 0 Å². The zero-order chi connectivity index (χ0) is 13.3. The number of aromatic amines is 1. The molecule has 1 aromatic carbocycles. The molecule has 0 saturated heterocycles. The molecule has 0 spiro atoms. The van der Waals surface area contributed by atoms with E-state index in [2.05, 4.69) is 11.9 Å². The first-order valence-corrected chi connectivity index (χ1v) is 5.98. The van der Waals surface area contributed by atoms with Gasteiger partial charge in [0.05, 0.1) is 5.56 Å². The van der Waals surface area contributed by atoms with E-state index in [-0.39, 0.29) is 5.78 Å². The largest absolute Gasteiger partial charge is 0.349 e. The minimum Gasteiger partial charge on any atom is -0.349 e. The molecule has 94 valence electrons. The average Bonchev–Trinajstić information content (AvgIpc) is 2.65. The number of carbonyl (C=O) groups is 1. The van der Waals surface area contributed by atoms with Crippen LogP contribution in [0.25, 0.3) is 11.4 Å². The molecule has 0 radical (unpaired) electrons. The molecule has 0 bridgehead atoms. The Morgan fingerprint density at radius 2 is 1.94 bits per heavy atom. The number of nitrogens with one attached hydrogen (secondary N) is 1. The Kier molecular flexibility index (Phi) is 3.19. The molecule has 0 saturated carbocycles. The van der Waals surface area contributed by atoms with Crippen molar-refractivity contribution in [1.29, 1.82) is 0 Å². The predicted octanol–water partition coefficient (Wildman–Crippen LogP) is 2.28. The number of ketones is 1. The lowest BCUT2D eigenvalue weighted by Crippen LogP contribution is -2.37. The Morgan fingerprint density at radius 3 is 2.39 bits per heavy atom. The summed E-state index contributed by atoms with van der Waals surface area (Å²) >= 11 is 0. The maximum atomic E-state index is 11.4. The highest BCUT2D eigenvalue weighted by molar-refractivity contribution is 5.92. The van der Waals surface area contributed by atoms with Crippen molar-refractivity contribution in [1.82, 2.24) is 4.98 Å². The summed E-state index contributed by atoms with van der Waals surface area (Å²) in [5.74, 6) is 0.364. The number of imidazole rings is 1. The molecule has 18 heavy (non-hydrogen) atoms. The van der Waals surface area contributed by atoms with Gasteiger partial charge in [-0.05, 0) is 28.8 Å². The average molecular weight is 245 g/mol. The predicted molar refractivity (Wildman–Crippen MR) is 67.7 cm³/mol. The summed E-state index contributed by atoms with van der Waals surface area (Å²) < 4.78 is 0.929. The van der Waals surface area contributed by atoms with Crippen molar-refractivity contribution in [2.24, 2.45) is 0 Å². The van der Waals surface area contributed by atoms with Crippen molar-refractivity contribution >= 4 is 5.78 Å². The quantitative estimate of drug-likeness (QED) is 0.495. The van der Waals surface area contributed by atoms with Crippen LogP contribution in [0.15, 0.2) is 24.3 Å². The molecule has 0 fully saturated rings. The molecule has 0 aliphatic heterocycles. The van der Waals surface area contributed by atoms with Gasteiger partial charge in [0.2, 0.25) is 5.78 Å². The van der Waals surface area contributed by atoms with Crippen LogP contribution in [-0.2, 0) is 6.42 Å². The van der Waals surface area contributed by atoms with E-state index in [0.29, 0.717) is 17.2 Å². The second-order valence-corrected chi connectivity index (χ2v) is 4.37. The van der Waals surface area contributed by atoms with Crippen LogP contribution in [0.4, 0.5) is 0 Å². The zero-order valence-electron chi connectivity index (χ0n) is 10.8. The van der Waals surface area contributed by atoms with E-state index in [9.17, 15) is 10.0 Å². The van der Waals surface area contributed by atoms with Crippen molar-refractivity contribution in [3.05, 3.63) is 41.2 Å². The summed E-state index contributed by atoms with van der Waals surface area (Å²) in [4.78, 5) is 14.5. The number of aryl methyl sites for hydroxylation is 2. The molecule has 4 nitrogen and oxygen atoms in total. The lowest BCUT2D eigenvalue weighted by molar-refractivity contribution is -0.896. The van der Waals surface area contributed by atoms with Crippen LogP contribution < -0.4 is 4.73 Å². The molecule has 0 amide bonds.